The average molecular weight is 195 g/mol. The molecule has 0 spiro atoms. The summed E-state index contributed by atoms with van der Waals surface area (Å²) in [7, 11) is 1.87. The second kappa shape index (κ2) is 6.21. The van der Waals surface area contributed by atoms with Crippen LogP contribution in [-0.4, -0.2) is 30.3 Å². The zero-order valence-corrected chi connectivity index (χ0v) is 8.45. The highest BCUT2D eigenvalue weighted by Gasteiger charge is 1.93. The maximum Gasteiger partial charge on any atom is 0.0547 e. The van der Waals surface area contributed by atoms with E-state index in [0.717, 1.165) is 30.8 Å². The highest BCUT2D eigenvalue weighted by molar-refractivity contribution is 5.53. The van der Waals surface area contributed by atoms with E-state index < -0.39 is 0 Å². The Morgan fingerprint density at radius 2 is 2.07 bits per heavy atom. The molecule has 1 aromatic rings. The molecule has 4 nitrogen and oxygen atoms in total. The Morgan fingerprint density at radius 1 is 1.29 bits per heavy atom. The van der Waals surface area contributed by atoms with Gasteiger partial charge in [-0.3, -0.25) is 4.98 Å². The molecule has 3 N–H and O–H groups in total. The van der Waals surface area contributed by atoms with E-state index in [1.165, 1.54) is 0 Å². The van der Waals surface area contributed by atoms with Gasteiger partial charge in [-0.2, -0.15) is 0 Å². The lowest BCUT2D eigenvalue weighted by Gasteiger charge is -2.06. The Labute approximate surface area is 84.4 Å². The SMILES string of the molecule is CNc1cncc(NCCCCO)c1. The number of aliphatic hydroxyl groups excluding tert-OH is 1. The minimum atomic E-state index is 0.260. The van der Waals surface area contributed by atoms with E-state index in [2.05, 4.69) is 15.6 Å². The third-order valence-corrected chi connectivity index (χ3v) is 1.94. The summed E-state index contributed by atoms with van der Waals surface area (Å²) in [6.07, 6.45) is 5.38. The predicted molar refractivity (Wildman–Crippen MR) is 58.6 cm³/mol. The zero-order chi connectivity index (χ0) is 10.2. The van der Waals surface area contributed by atoms with E-state index >= 15 is 0 Å². The molecule has 0 radical (unpaired) electrons. The first kappa shape index (κ1) is 10.8. The fourth-order valence-corrected chi connectivity index (χ4v) is 1.14. The van der Waals surface area contributed by atoms with Gasteiger partial charge in [0.05, 0.1) is 23.8 Å². The Morgan fingerprint density at radius 3 is 2.79 bits per heavy atom. The largest absolute Gasteiger partial charge is 0.396 e. The van der Waals surface area contributed by atoms with Crippen molar-refractivity contribution in [3.05, 3.63) is 18.5 Å². The molecule has 0 aliphatic carbocycles. The highest BCUT2D eigenvalue weighted by atomic mass is 16.2. The van der Waals surface area contributed by atoms with Gasteiger partial charge in [-0.25, -0.2) is 0 Å². The third-order valence-electron chi connectivity index (χ3n) is 1.94. The fourth-order valence-electron chi connectivity index (χ4n) is 1.14. The van der Waals surface area contributed by atoms with Crippen molar-refractivity contribution in [3.8, 4) is 0 Å². The molecule has 1 heterocycles. The molecule has 14 heavy (non-hydrogen) atoms. The lowest BCUT2D eigenvalue weighted by Crippen LogP contribution is -2.03. The average Bonchev–Trinajstić information content (AvgIpc) is 2.25. The van der Waals surface area contributed by atoms with Crippen molar-refractivity contribution in [2.45, 2.75) is 12.8 Å². The molecule has 1 aromatic heterocycles. The van der Waals surface area contributed by atoms with Crippen LogP contribution in [0.25, 0.3) is 0 Å². The first-order chi connectivity index (χ1) is 6.86. The van der Waals surface area contributed by atoms with E-state index in [0.29, 0.717) is 0 Å². The summed E-state index contributed by atoms with van der Waals surface area (Å²) in [5, 5.41) is 14.9. The van der Waals surface area contributed by atoms with Crippen molar-refractivity contribution >= 4 is 11.4 Å². The van der Waals surface area contributed by atoms with Crippen LogP contribution in [0, 0.1) is 0 Å². The third kappa shape index (κ3) is 3.62. The number of unbranched alkanes of at least 4 members (excludes halogenated alkanes) is 1. The molecule has 0 unspecified atom stereocenters. The molecule has 0 amide bonds. The van der Waals surface area contributed by atoms with Gasteiger partial charge in [-0.05, 0) is 18.9 Å². The molecule has 78 valence electrons. The number of nitrogens with one attached hydrogen (secondary N) is 2. The summed E-state index contributed by atoms with van der Waals surface area (Å²) >= 11 is 0. The van der Waals surface area contributed by atoms with Crippen molar-refractivity contribution < 1.29 is 5.11 Å². The summed E-state index contributed by atoms with van der Waals surface area (Å²) < 4.78 is 0. The van der Waals surface area contributed by atoms with Gasteiger partial charge in [-0.15, -0.1) is 0 Å². The molecule has 0 bridgehead atoms. The molecular weight excluding hydrogens is 178 g/mol. The maximum absolute atomic E-state index is 8.60. The van der Waals surface area contributed by atoms with Gasteiger partial charge in [0.1, 0.15) is 0 Å². The molecule has 0 aliphatic rings. The number of aromatic nitrogens is 1. The van der Waals surface area contributed by atoms with Crippen LogP contribution in [-0.2, 0) is 0 Å². The monoisotopic (exact) mass is 195 g/mol. The first-order valence-electron chi connectivity index (χ1n) is 4.84. The lowest BCUT2D eigenvalue weighted by molar-refractivity contribution is 0.286. The van der Waals surface area contributed by atoms with Crippen molar-refractivity contribution in [3.63, 3.8) is 0 Å². The maximum atomic E-state index is 8.60. The topological polar surface area (TPSA) is 57.2 Å². The molecular formula is C10H17N3O. The van der Waals surface area contributed by atoms with Crippen molar-refractivity contribution in [1.82, 2.24) is 4.98 Å². The molecule has 1 rings (SSSR count). The lowest BCUT2D eigenvalue weighted by atomic mass is 10.3. The van der Waals surface area contributed by atoms with Crippen LogP contribution in [0.1, 0.15) is 12.8 Å². The smallest absolute Gasteiger partial charge is 0.0547 e. The number of pyridine rings is 1. The summed E-state index contributed by atoms with van der Waals surface area (Å²) in [6.45, 7) is 1.13. The summed E-state index contributed by atoms with van der Waals surface area (Å²) in [4.78, 5) is 4.08. The zero-order valence-electron chi connectivity index (χ0n) is 8.45. The van der Waals surface area contributed by atoms with E-state index in [-0.39, 0.29) is 6.61 Å². The predicted octanol–water partition coefficient (Wildman–Crippen LogP) is 1.31. The van der Waals surface area contributed by atoms with Gasteiger partial charge in [-0.1, -0.05) is 0 Å². The molecule has 0 fully saturated rings. The Hall–Kier alpha value is -1.29. The van der Waals surface area contributed by atoms with Crippen LogP contribution in [0.5, 0.6) is 0 Å². The fraction of sp³-hybridized carbons (Fsp3) is 0.500. The minimum absolute atomic E-state index is 0.260. The van der Waals surface area contributed by atoms with Crippen LogP contribution < -0.4 is 10.6 Å². The van der Waals surface area contributed by atoms with Crippen molar-refractivity contribution in [2.24, 2.45) is 0 Å². The second-order valence-electron chi connectivity index (χ2n) is 3.07. The summed E-state index contributed by atoms with van der Waals surface area (Å²) in [5.74, 6) is 0. The number of anilines is 2. The first-order valence-corrected chi connectivity index (χ1v) is 4.84. The van der Waals surface area contributed by atoms with Gasteiger partial charge in [0.2, 0.25) is 0 Å². The van der Waals surface area contributed by atoms with Crippen LogP contribution in [0.4, 0.5) is 11.4 Å². The van der Waals surface area contributed by atoms with E-state index in [1.54, 1.807) is 12.4 Å². The summed E-state index contributed by atoms with van der Waals surface area (Å²) in [5.41, 5.74) is 2.01. The van der Waals surface area contributed by atoms with Gasteiger partial charge in [0.25, 0.3) is 0 Å². The molecule has 0 aromatic carbocycles. The molecule has 0 saturated carbocycles. The highest BCUT2D eigenvalue weighted by Crippen LogP contribution is 2.11. The van der Waals surface area contributed by atoms with E-state index in [1.807, 2.05) is 13.1 Å². The second-order valence-corrected chi connectivity index (χ2v) is 3.07. The Balaban J connectivity index is 2.34. The number of rotatable bonds is 6. The normalized spacial score (nSPS) is 9.86. The van der Waals surface area contributed by atoms with Crippen LogP contribution in [0.3, 0.4) is 0 Å². The molecule has 0 saturated heterocycles. The number of nitrogens with zero attached hydrogens (tertiary/aromatic N) is 1. The van der Waals surface area contributed by atoms with Crippen molar-refractivity contribution in [1.29, 1.82) is 0 Å². The Kier molecular flexibility index (Phi) is 4.78. The van der Waals surface area contributed by atoms with Crippen LogP contribution >= 0.6 is 0 Å². The Bertz CT molecular complexity index is 265. The van der Waals surface area contributed by atoms with E-state index in [9.17, 15) is 0 Å². The number of aliphatic hydroxyl groups is 1. The van der Waals surface area contributed by atoms with Crippen molar-refractivity contribution in [2.75, 3.05) is 30.8 Å². The van der Waals surface area contributed by atoms with Gasteiger partial charge in [0.15, 0.2) is 0 Å². The van der Waals surface area contributed by atoms with Crippen LogP contribution in [0.2, 0.25) is 0 Å². The molecule has 0 aliphatic heterocycles. The molecule has 0 atom stereocenters. The van der Waals surface area contributed by atoms with Gasteiger partial charge >= 0.3 is 0 Å². The van der Waals surface area contributed by atoms with Gasteiger partial charge in [0, 0.05) is 20.2 Å². The number of hydrogen-bond acceptors (Lipinski definition) is 4. The summed E-state index contributed by atoms with van der Waals surface area (Å²) in [6, 6.07) is 2.01. The molecule has 4 heteroatoms. The van der Waals surface area contributed by atoms with Crippen LogP contribution in [0.15, 0.2) is 18.5 Å². The number of hydrogen-bond donors (Lipinski definition) is 3. The minimum Gasteiger partial charge on any atom is -0.396 e. The quantitative estimate of drug-likeness (QED) is 0.599. The standard InChI is InChI=1S/C10H17N3O/c1-11-9-6-10(8-12-7-9)13-4-2-3-5-14/h6-8,11,13-14H,2-5H2,1H3. The van der Waals surface area contributed by atoms with E-state index in [4.69, 9.17) is 5.11 Å². The van der Waals surface area contributed by atoms with Gasteiger partial charge < -0.3 is 15.7 Å².